The summed E-state index contributed by atoms with van der Waals surface area (Å²) in [6.07, 6.45) is 20.2. The zero-order chi connectivity index (χ0) is 55.6. The predicted molar refractivity (Wildman–Crippen MR) is 310 cm³/mol. The van der Waals surface area contributed by atoms with E-state index in [4.69, 9.17) is 23.4 Å². The number of esters is 2. The van der Waals surface area contributed by atoms with Gasteiger partial charge in [-0.15, -0.1) is 0 Å². The fourth-order valence-electron chi connectivity index (χ4n) is 17.5. The van der Waals surface area contributed by atoms with Crippen LogP contribution in [-0.2, 0) is 48.7 Å². The molecule has 3 aliphatic heterocycles. The summed E-state index contributed by atoms with van der Waals surface area (Å²) in [6.45, 7) is 0.778. The van der Waals surface area contributed by atoms with Crippen LogP contribution in [0, 0.1) is 29.6 Å². The molecule has 5 bridgehead atoms. The van der Waals surface area contributed by atoms with Crippen LogP contribution in [0.4, 0.5) is 0 Å². The molecule has 81 heavy (non-hydrogen) atoms. The number of methoxy groups -OCH3 is 1. The van der Waals surface area contributed by atoms with Crippen molar-refractivity contribution in [1.29, 1.82) is 0 Å². The highest BCUT2D eigenvalue weighted by molar-refractivity contribution is 5.90. The maximum atomic E-state index is 15.8. The molecule has 4 aromatic carbocycles. The zero-order valence-electron chi connectivity index (χ0n) is 47.0. The quantitative estimate of drug-likeness (QED) is 0.0557. The van der Waals surface area contributed by atoms with E-state index in [0.717, 1.165) is 64.2 Å². The normalized spacial score (nSPS) is 31.4. The Morgan fingerprint density at radius 2 is 1.70 bits per heavy atom. The van der Waals surface area contributed by atoms with Crippen molar-refractivity contribution in [2.24, 2.45) is 29.6 Å². The van der Waals surface area contributed by atoms with E-state index in [9.17, 15) is 20.1 Å². The lowest BCUT2D eigenvalue weighted by Gasteiger charge is -2.56. The molecule has 3 N–H and O–H groups in total. The summed E-state index contributed by atoms with van der Waals surface area (Å²) in [5, 5.41) is 32.6. The average Bonchev–Trinajstić information content (AvgIpc) is 2.93. The fourth-order valence-corrected chi connectivity index (χ4v) is 17.5. The SMILES string of the molecule is COC[C@@H](CCO)c1c(CO)c2ccc3c(c2oc1=O)[C@H]1OC(=O)C[C@H]2C[C@@H](c4cccc([C@]56CCCC[C@@H]5C=Cc5ccccc56)c4)CC[C@@H]2c2ccc4c(c2)CC[C@H]2CCC[C@@H]5C=CC[C@](O3)([C@H]25)[C@H]1OC(=O)/C(=C(/C)CO)CC4. The summed E-state index contributed by atoms with van der Waals surface area (Å²) in [6, 6.07) is 29.0. The van der Waals surface area contributed by atoms with Crippen molar-refractivity contribution in [3.63, 3.8) is 0 Å². The first-order valence-electron chi connectivity index (χ1n) is 30.5. The van der Waals surface area contributed by atoms with Crippen LogP contribution in [-0.4, -0.2) is 65.9 Å². The van der Waals surface area contributed by atoms with Crippen LogP contribution in [0.5, 0.6) is 5.75 Å². The van der Waals surface area contributed by atoms with Gasteiger partial charge >= 0.3 is 17.6 Å². The maximum absolute atomic E-state index is 15.8. The Kier molecular flexibility index (Phi) is 14.9. The van der Waals surface area contributed by atoms with Gasteiger partial charge in [0.2, 0.25) is 0 Å². The maximum Gasteiger partial charge on any atom is 0.340 e. The Bertz CT molecular complexity index is 3400. The van der Waals surface area contributed by atoms with Crippen LogP contribution in [0.1, 0.15) is 183 Å². The number of carbonyl (C=O) groups excluding carboxylic acids is 2. The molecule has 0 radical (unpaired) electrons. The second-order valence-electron chi connectivity index (χ2n) is 25.2. The zero-order valence-corrected chi connectivity index (χ0v) is 47.0. The number of carbonyl (C=O) groups is 2. The molecule has 13 rings (SSSR count). The van der Waals surface area contributed by atoms with Crippen molar-refractivity contribution in [2.45, 2.75) is 164 Å². The summed E-state index contributed by atoms with van der Waals surface area (Å²) in [5.74, 6) is -0.664. The third-order valence-corrected chi connectivity index (χ3v) is 21.2. The van der Waals surface area contributed by atoms with E-state index in [1.165, 1.54) is 58.9 Å². The number of benzene rings is 4. The summed E-state index contributed by atoms with van der Waals surface area (Å²) in [4.78, 5) is 45.8. The van der Waals surface area contributed by atoms with E-state index in [0.29, 0.717) is 53.0 Å². The second-order valence-corrected chi connectivity index (χ2v) is 25.2. The number of aliphatic hydroxyl groups is 3. The van der Waals surface area contributed by atoms with E-state index in [-0.39, 0.29) is 90.3 Å². The molecule has 1 spiro atoms. The third kappa shape index (κ3) is 9.28. The predicted octanol–water partition coefficient (Wildman–Crippen LogP) is 12.5. The molecule has 11 nitrogen and oxygen atoms in total. The lowest BCUT2D eigenvalue weighted by atomic mass is 9.56. The molecular formula is C70H78O11. The van der Waals surface area contributed by atoms with E-state index in [1.807, 2.05) is 6.07 Å². The lowest BCUT2D eigenvalue weighted by molar-refractivity contribution is -0.213. The molecule has 12 atom stereocenters. The topological polar surface area (TPSA) is 162 Å². The minimum Gasteiger partial charge on any atom is -0.482 e. The molecule has 11 heteroatoms. The van der Waals surface area contributed by atoms with Gasteiger partial charge in [-0.3, -0.25) is 4.79 Å². The van der Waals surface area contributed by atoms with E-state index in [1.54, 1.807) is 13.0 Å². The van der Waals surface area contributed by atoms with Crippen LogP contribution in [0.3, 0.4) is 0 Å². The van der Waals surface area contributed by atoms with Gasteiger partial charge in [0.1, 0.15) is 11.3 Å². The molecule has 5 aliphatic carbocycles. The monoisotopic (exact) mass is 1090 g/mol. The highest BCUT2D eigenvalue weighted by Crippen LogP contribution is 2.60. The van der Waals surface area contributed by atoms with Gasteiger partial charge in [-0.1, -0.05) is 110 Å². The van der Waals surface area contributed by atoms with Gasteiger partial charge in [0, 0.05) is 60.3 Å². The minimum absolute atomic E-state index is 0.0581. The molecule has 424 valence electrons. The van der Waals surface area contributed by atoms with E-state index in [2.05, 4.69) is 91.0 Å². The Morgan fingerprint density at radius 1 is 0.815 bits per heavy atom. The molecular weight excluding hydrogens is 1020 g/mol. The highest BCUT2D eigenvalue weighted by Gasteiger charge is 2.63. The minimum atomic E-state index is -1.31. The summed E-state index contributed by atoms with van der Waals surface area (Å²) in [5.41, 5.74) is 8.80. The molecule has 0 unspecified atom stereocenters. The molecule has 0 saturated heterocycles. The summed E-state index contributed by atoms with van der Waals surface area (Å²) in [7, 11) is 1.52. The Hall–Kier alpha value is -6.11. The van der Waals surface area contributed by atoms with Crippen molar-refractivity contribution >= 4 is 29.0 Å². The molecule has 1 aromatic heterocycles. The van der Waals surface area contributed by atoms with Gasteiger partial charge in [0.05, 0.1) is 25.4 Å². The van der Waals surface area contributed by atoms with Crippen molar-refractivity contribution in [1.82, 2.24) is 0 Å². The lowest BCUT2D eigenvalue weighted by Crippen LogP contribution is -2.64. The van der Waals surface area contributed by atoms with Crippen LogP contribution >= 0.6 is 0 Å². The van der Waals surface area contributed by atoms with Gasteiger partial charge < -0.3 is 38.7 Å². The van der Waals surface area contributed by atoms with Crippen LogP contribution < -0.4 is 10.4 Å². The summed E-state index contributed by atoms with van der Waals surface area (Å²) >= 11 is 0. The highest BCUT2D eigenvalue weighted by atomic mass is 16.6. The Morgan fingerprint density at radius 3 is 2.56 bits per heavy atom. The van der Waals surface area contributed by atoms with Crippen LogP contribution in [0.25, 0.3) is 17.0 Å². The van der Waals surface area contributed by atoms with Gasteiger partial charge in [-0.05, 0) is 182 Å². The van der Waals surface area contributed by atoms with E-state index >= 15 is 9.59 Å². The number of hydrogen-bond donors (Lipinski definition) is 3. The summed E-state index contributed by atoms with van der Waals surface area (Å²) < 4.78 is 33.8. The van der Waals surface area contributed by atoms with Gasteiger partial charge in [-0.2, -0.15) is 0 Å². The number of aliphatic hydroxyl groups excluding tert-OH is 3. The second kappa shape index (κ2) is 22.2. The Labute approximate surface area is 475 Å². The first kappa shape index (κ1) is 54.2. The Balaban J connectivity index is 0.980. The molecule has 3 fully saturated rings. The molecule has 0 amide bonds. The van der Waals surface area contributed by atoms with Crippen molar-refractivity contribution in [3.05, 3.63) is 174 Å². The molecule has 4 heterocycles. The number of allylic oxidation sites excluding steroid dienone is 2. The van der Waals surface area contributed by atoms with Crippen molar-refractivity contribution in [2.75, 3.05) is 26.9 Å². The molecule has 8 aliphatic rings. The largest absolute Gasteiger partial charge is 0.482 e. The standard InChI is InChI=1S/C70H78O11/c1-41(38-72)54-26-23-42-18-21-49-34-47(42)20-19-45-12-7-11-44-14-9-32-70(63(44)45)66(80-67(54)75)65(62-59(81-70)29-28-56-57(39-73)61(68(76)79-64(56)62)50(30-33-71)40-77-2)78-60(74)37-51-35-48(24-27-55(49)51)46-13-8-16-53(36-46)69-31-6-5-15-52(69)25-22-43-10-3-4-17-58(43)69/h3-4,8-10,13-14,16-18,21-22,25,28-29,34,36,44-45,48,50-52,55,63,65-66,71-73H,5-7,11-12,15,19-20,23-24,26-27,30-33,35,37-40H2,1-2H3/b54-41-/t44-,45-,48+,50-,51-,52-,55-,63+,65-,66+,69+,70+/m1/s1. The van der Waals surface area contributed by atoms with Gasteiger partial charge in [0.15, 0.2) is 17.8 Å². The van der Waals surface area contributed by atoms with Crippen molar-refractivity contribution in [3.8, 4) is 5.75 Å². The first-order valence-corrected chi connectivity index (χ1v) is 30.5. The number of fused-ring (bicyclic) bond motifs is 11. The number of rotatable bonds is 9. The van der Waals surface area contributed by atoms with E-state index < -0.39 is 47.9 Å². The van der Waals surface area contributed by atoms with Crippen LogP contribution in [0.2, 0.25) is 0 Å². The van der Waals surface area contributed by atoms with Crippen LogP contribution in [0.15, 0.2) is 117 Å². The third-order valence-electron chi connectivity index (χ3n) is 21.2. The number of hydrogen-bond acceptors (Lipinski definition) is 11. The molecule has 3 saturated carbocycles. The smallest absolute Gasteiger partial charge is 0.340 e. The number of ether oxygens (including phenoxy) is 4. The number of aryl methyl sites for hydroxylation is 2. The molecule has 5 aromatic rings. The average molecular weight is 1100 g/mol. The van der Waals surface area contributed by atoms with Crippen molar-refractivity contribution < 1.29 is 48.3 Å². The van der Waals surface area contributed by atoms with Gasteiger partial charge in [0.25, 0.3) is 0 Å². The van der Waals surface area contributed by atoms with Gasteiger partial charge in [-0.25, -0.2) is 9.59 Å². The fraction of sp³-hybridized carbons (Fsp3) is 0.500. The first-order chi connectivity index (χ1) is 39.6.